The van der Waals surface area contributed by atoms with Crippen LogP contribution in [0.1, 0.15) is 6.92 Å². The Morgan fingerprint density at radius 1 is 1.80 bits per heavy atom. The highest BCUT2D eigenvalue weighted by atomic mass is 16.5. The van der Waals surface area contributed by atoms with Gasteiger partial charge in [-0.05, 0) is 14.0 Å². The van der Waals surface area contributed by atoms with Crippen molar-refractivity contribution >= 4 is 5.91 Å². The van der Waals surface area contributed by atoms with Gasteiger partial charge in [-0.15, -0.1) is 0 Å². The van der Waals surface area contributed by atoms with E-state index in [1.807, 2.05) is 0 Å². The second-order valence-electron chi connectivity index (χ2n) is 3.52. The number of methoxy groups -OCH3 is 1. The molecule has 0 spiro atoms. The first-order chi connectivity index (χ1) is 7.01. The van der Waals surface area contributed by atoms with E-state index in [1.54, 1.807) is 38.2 Å². The summed E-state index contributed by atoms with van der Waals surface area (Å²) >= 11 is 0. The molecule has 1 heterocycles. The molecule has 0 radical (unpaired) electrons. The van der Waals surface area contributed by atoms with Gasteiger partial charge >= 0.3 is 0 Å². The van der Waals surface area contributed by atoms with Crippen LogP contribution in [0.25, 0.3) is 0 Å². The fourth-order valence-corrected chi connectivity index (χ4v) is 1.14. The van der Waals surface area contributed by atoms with Gasteiger partial charge in [0.05, 0.1) is 26.0 Å². The van der Waals surface area contributed by atoms with Gasteiger partial charge in [0.1, 0.15) is 5.54 Å². The van der Waals surface area contributed by atoms with Crippen LogP contribution in [0.4, 0.5) is 0 Å². The van der Waals surface area contributed by atoms with Crippen molar-refractivity contribution in [2.75, 3.05) is 14.2 Å². The minimum absolute atomic E-state index is 0.363. The van der Waals surface area contributed by atoms with Gasteiger partial charge in [-0.3, -0.25) is 9.48 Å². The Bertz CT molecular complexity index is 350. The summed E-state index contributed by atoms with van der Waals surface area (Å²) < 4.78 is 6.59. The van der Waals surface area contributed by atoms with Crippen molar-refractivity contribution < 1.29 is 9.53 Å². The van der Waals surface area contributed by atoms with Gasteiger partial charge in [-0.1, -0.05) is 0 Å². The average molecular weight is 212 g/mol. The summed E-state index contributed by atoms with van der Waals surface area (Å²) in [6.07, 6.45) is 3.29. The Labute approximate surface area is 88.4 Å². The second-order valence-corrected chi connectivity index (χ2v) is 3.52. The van der Waals surface area contributed by atoms with Crippen molar-refractivity contribution in [3.63, 3.8) is 0 Å². The second kappa shape index (κ2) is 4.31. The Morgan fingerprint density at radius 2 is 2.47 bits per heavy atom. The van der Waals surface area contributed by atoms with Gasteiger partial charge in [0.25, 0.3) is 0 Å². The Kier molecular flexibility index (Phi) is 3.31. The third-order valence-corrected chi connectivity index (χ3v) is 2.42. The summed E-state index contributed by atoms with van der Waals surface area (Å²) in [7, 11) is 3.25. The lowest BCUT2D eigenvalue weighted by molar-refractivity contribution is -0.124. The summed E-state index contributed by atoms with van der Waals surface area (Å²) in [6, 6.07) is 0. The zero-order valence-corrected chi connectivity index (χ0v) is 9.15. The molecule has 1 rings (SSSR count). The summed E-state index contributed by atoms with van der Waals surface area (Å²) in [6.45, 7) is 2.09. The van der Waals surface area contributed by atoms with E-state index in [4.69, 9.17) is 10.5 Å². The number of nitrogens with two attached hydrogens (primary N) is 1. The average Bonchev–Trinajstić information content (AvgIpc) is 2.65. The Hall–Kier alpha value is -1.56. The smallest absolute Gasteiger partial charge is 0.239 e. The molecule has 0 aliphatic carbocycles. The van der Waals surface area contributed by atoms with Gasteiger partial charge in [0.15, 0.2) is 5.75 Å². The van der Waals surface area contributed by atoms with Gasteiger partial charge in [0.2, 0.25) is 5.91 Å². The molecule has 0 bridgehead atoms. The predicted octanol–water partition coefficient (Wildman–Crippen LogP) is -0.645. The van der Waals surface area contributed by atoms with Crippen molar-refractivity contribution in [2.24, 2.45) is 5.73 Å². The van der Waals surface area contributed by atoms with Crippen molar-refractivity contribution in [2.45, 2.75) is 19.0 Å². The van der Waals surface area contributed by atoms with Crippen molar-refractivity contribution in [3.05, 3.63) is 12.4 Å². The van der Waals surface area contributed by atoms with Gasteiger partial charge in [-0.25, -0.2) is 0 Å². The van der Waals surface area contributed by atoms with Crippen LogP contribution in [0.3, 0.4) is 0 Å². The number of primary amides is 1. The molecule has 6 heteroatoms. The normalized spacial score (nSPS) is 14.6. The molecule has 1 unspecified atom stereocenters. The van der Waals surface area contributed by atoms with E-state index in [0.717, 1.165) is 0 Å². The van der Waals surface area contributed by atoms with E-state index in [9.17, 15) is 4.79 Å². The van der Waals surface area contributed by atoms with E-state index >= 15 is 0 Å². The SMILES string of the molecule is CNC(C)(Cn1cc(OC)cn1)C(N)=O. The Balaban J connectivity index is 2.79. The number of hydrogen-bond acceptors (Lipinski definition) is 4. The third kappa shape index (κ3) is 2.47. The number of carbonyl (C=O) groups is 1. The molecule has 0 aliphatic heterocycles. The van der Waals surface area contributed by atoms with Crippen molar-refractivity contribution in [3.8, 4) is 5.75 Å². The topological polar surface area (TPSA) is 82.2 Å². The number of carbonyl (C=O) groups excluding carboxylic acids is 1. The molecule has 0 aromatic carbocycles. The van der Waals surface area contributed by atoms with Gasteiger partial charge < -0.3 is 15.8 Å². The molecule has 0 aliphatic rings. The number of rotatable bonds is 5. The van der Waals surface area contributed by atoms with Gasteiger partial charge in [0, 0.05) is 0 Å². The number of ether oxygens (including phenoxy) is 1. The molecule has 1 amide bonds. The minimum Gasteiger partial charge on any atom is -0.493 e. The van der Waals surface area contributed by atoms with Crippen LogP contribution < -0.4 is 15.8 Å². The zero-order valence-electron chi connectivity index (χ0n) is 9.15. The number of amides is 1. The van der Waals surface area contributed by atoms with Crippen LogP contribution in [-0.2, 0) is 11.3 Å². The number of aromatic nitrogens is 2. The molecule has 0 saturated carbocycles. The number of nitrogens with zero attached hydrogens (tertiary/aromatic N) is 2. The van der Waals surface area contributed by atoms with Crippen LogP contribution in [-0.4, -0.2) is 35.4 Å². The number of likely N-dealkylation sites (N-methyl/N-ethyl adjacent to an activating group) is 1. The molecular formula is C9H16N4O2. The maximum absolute atomic E-state index is 11.2. The van der Waals surface area contributed by atoms with Crippen LogP contribution in [0.15, 0.2) is 12.4 Å². The fraction of sp³-hybridized carbons (Fsp3) is 0.556. The molecule has 0 saturated heterocycles. The highest BCUT2D eigenvalue weighted by Gasteiger charge is 2.29. The minimum atomic E-state index is -0.809. The van der Waals surface area contributed by atoms with E-state index in [1.165, 1.54) is 0 Å². The first-order valence-electron chi connectivity index (χ1n) is 4.57. The molecule has 6 nitrogen and oxygen atoms in total. The largest absolute Gasteiger partial charge is 0.493 e. The van der Waals surface area contributed by atoms with Crippen LogP contribution in [0.2, 0.25) is 0 Å². The summed E-state index contributed by atoms with van der Waals surface area (Å²) in [5.41, 5.74) is 4.49. The monoisotopic (exact) mass is 212 g/mol. The lowest BCUT2D eigenvalue weighted by Gasteiger charge is -2.24. The summed E-state index contributed by atoms with van der Waals surface area (Å²) in [4.78, 5) is 11.2. The molecular weight excluding hydrogens is 196 g/mol. The molecule has 1 aromatic rings. The maximum Gasteiger partial charge on any atom is 0.239 e. The molecule has 3 N–H and O–H groups in total. The lowest BCUT2D eigenvalue weighted by atomic mass is 10.0. The standard InChI is InChI=1S/C9H16N4O2/c1-9(11-2,8(10)14)6-13-5-7(15-3)4-12-13/h4-5,11H,6H2,1-3H3,(H2,10,14). The highest BCUT2D eigenvalue weighted by molar-refractivity contribution is 5.84. The molecule has 15 heavy (non-hydrogen) atoms. The van der Waals surface area contributed by atoms with Crippen LogP contribution in [0.5, 0.6) is 5.75 Å². The molecule has 1 aromatic heterocycles. The quantitative estimate of drug-likeness (QED) is 0.680. The van der Waals surface area contributed by atoms with Crippen LogP contribution >= 0.6 is 0 Å². The first kappa shape index (κ1) is 11.5. The van der Waals surface area contributed by atoms with Crippen LogP contribution in [0, 0.1) is 0 Å². The molecule has 0 fully saturated rings. The predicted molar refractivity (Wildman–Crippen MR) is 55.4 cm³/mol. The Morgan fingerprint density at radius 3 is 2.87 bits per heavy atom. The summed E-state index contributed by atoms with van der Waals surface area (Å²) in [5.74, 6) is 0.234. The summed E-state index contributed by atoms with van der Waals surface area (Å²) in [5, 5.41) is 6.92. The van der Waals surface area contributed by atoms with Crippen molar-refractivity contribution in [1.82, 2.24) is 15.1 Å². The number of hydrogen-bond donors (Lipinski definition) is 2. The van der Waals surface area contributed by atoms with E-state index < -0.39 is 11.4 Å². The fourth-order valence-electron chi connectivity index (χ4n) is 1.14. The molecule has 84 valence electrons. The third-order valence-electron chi connectivity index (χ3n) is 2.42. The zero-order chi connectivity index (χ0) is 11.5. The van der Waals surface area contributed by atoms with E-state index in [-0.39, 0.29) is 0 Å². The first-order valence-corrected chi connectivity index (χ1v) is 4.57. The van der Waals surface area contributed by atoms with E-state index in [2.05, 4.69) is 10.4 Å². The van der Waals surface area contributed by atoms with Gasteiger partial charge in [-0.2, -0.15) is 5.10 Å². The van der Waals surface area contributed by atoms with Crippen molar-refractivity contribution in [1.29, 1.82) is 0 Å². The highest BCUT2D eigenvalue weighted by Crippen LogP contribution is 2.11. The lowest BCUT2D eigenvalue weighted by Crippen LogP contribution is -2.54. The maximum atomic E-state index is 11.2. The number of nitrogens with one attached hydrogen (secondary N) is 1. The van der Waals surface area contributed by atoms with E-state index in [0.29, 0.717) is 12.3 Å². The molecule has 1 atom stereocenters.